The number of unbranched alkanes of at least 4 members (excludes halogenated alkanes) is 1. The van der Waals surface area contributed by atoms with Crippen LogP contribution >= 0.6 is 0 Å². The Morgan fingerprint density at radius 1 is 1.24 bits per heavy atom. The van der Waals surface area contributed by atoms with E-state index in [4.69, 9.17) is 0 Å². The number of hydrogen-bond donors (Lipinski definition) is 1. The largest absolute Gasteiger partial charge is 0.365 e. The Labute approximate surface area is 126 Å². The average molecular weight is 285 g/mol. The zero-order valence-electron chi connectivity index (χ0n) is 13.0. The van der Waals surface area contributed by atoms with Crippen molar-refractivity contribution in [3.8, 4) is 0 Å². The second-order valence-corrected chi connectivity index (χ2v) is 5.20. The summed E-state index contributed by atoms with van der Waals surface area (Å²) in [5, 5.41) is 11.4. The summed E-state index contributed by atoms with van der Waals surface area (Å²) < 4.78 is 0. The summed E-state index contributed by atoms with van der Waals surface area (Å²) in [5.74, 6) is 1.42. The van der Waals surface area contributed by atoms with Gasteiger partial charge in [-0.1, -0.05) is 37.6 Å². The fraction of sp³-hybridized carbons (Fsp3) is 0.438. The second kappa shape index (κ2) is 7.57. The molecule has 1 N–H and O–H groups in total. The quantitative estimate of drug-likeness (QED) is 0.847. The van der Waals surface area contributed by atoms with E-state index in [9.17, 15) is 0 Å². The van der Waals surface area contributed by atoms with Gasteiger partial charge in [-0.2, -0.15) is 10.1 Å². The fourth-order valence-electron chi connectivity index (χ4n) is 2.03. The molecule has 0 radical (unpaired) electrons. The van der Waals surface area contributed by atoms with E-state index in [1.807, 2.05) is 24.1 Å². The number of rotatable bonds is 7. The van der Waals surface area contributed by atoms with Crippen LogP contribution in [0.25, 0.3) is 0 Å². The van der Waals surface area contributed by atoms with Crippen LogP contribution in [0.3, 0.4) is 0 Å². The Bertz CT molecular complexity index is 570. The minimum Gasteiger partial charge on any atom is -0.365 e. The summed E-state index contributed by atoms with van der Waals surface area (Å²) >= 11 is 0. The van der Waals surface area contributed by atoms with E-state index < -0.39 is 0 Å². The summed E-state index contributed by atoms with van der Waals surface area (Å²) in [4.78, 5) is 6.55. The van der Waals surface area contributed by atoms with E-state index in [0.29, 0.717) is 5.95 Å². The van der Waals surface area contributed by atoms with E-state index in [2.05, 4.69) is 46.5 Å². The van der Waals surface area contributed by atoms with Crippen LogP contribution in [0, 0.1) is 6.92 Å². The molecule has 0 aliphatic heterocycles. The summed E-state index contributed by atoms with van der Waals surface area (Å²) in [5.41, 5.74) is 2.53. The van der Waals surface area contributed by atoms with Gasteiger partial charge in [-0.25, -0.2) is 0 Å². The fourth-order valence-corrected chi connectivity index (χ4v) is 2.03. The Morgan fingerprint density at radius 3 is 2.81 bits per heavy atom. The highest BCUT2D eigenvalue weighted by molar-refractivity contribution is 5.39. The summed E-state index contributed by atoms with van der Waals surface area (Å²) in [6.07, 6.45) is 3.94. The molecular weight excluding hydrogens is 262 g/mol. The average Bonchev–Trinajstić information content (AvgIpc) is 2.52. The van der Waals surface area contributed by atoms with Crippen LogP contribution in [0.4, 0.5) is 11.8 Å². The third-order valence-corrected chi connectivity index (χ3v) is 3.46. The summed E-state index contributed by atoms with van der Waals surface area (Å²) in [7, 11) is 2.00. The molecule has 2 aromatic rings. The van der Waals surface area contributed by atoms with E-state index in [-0.39, 0.29) is 0 Å². The van der Waals surface area contributed by atoms with E-state index >= 15 is 0 Å². The molecule has 21 heavy (non-hydrogen) atoms. The van der Waals surface area contributed by atoms with Crippen LogP contribution in [0.2, 0.25) is 0 Å². The lowest BCUT2D eigenvalue weighted by molar-refractivity contribution is 0.740. The van der Waals surface area contributed by atoms with Crippen molar-refractivity contribution >= 4 is 11.8 Å². The van der Waals surface area contributed by atoms with Gasteiger partial charge in [0.25, 0.3) is 0 Å². The highest BCUT2D eigenvalue weighted by atomic mass is 15.3. The van der Waals surface area contributed by atoms with Crippen molar-refractivity contribution in [3.63, 3.8) is 0 Å². The lowest BCUT2D eigenvalue weighted by Gasteiger charge is -2.16. The van der Waals surface area contributed by atoms with E-state index in [0.717, 1.165) is 31.7 Å². The molecule has 0 unspecified atom stereocenters. The first-order valence-corrected chi connectivity index (χ1v) is 7.40. The van der Waals surface area contributed by atoms with Crippen molar-refractivity contribution in [1.29, 1.82) is 0 Å². The van der Waals surface area contributed by atoms with Crippen LogP contribution < -0.4 is 10.2 Å². The molecule has 0 fully saturated rings. The Morgan fingerprint density at radius 2 is 2.05 bits per heavy atom. The van der Waals surface area contributed by atoms with Crippen LogP contribution in [0.15, 0.2) is 30.5 Å². The zero-order chi connectivity index (χ0) is 15.1. The molecular formula is C16H23N5. The van der Waals surface area contributed by atoms with Crippen molar-refractivity contribution in [2.24, 2.45) is 0 Å². The van der Waals surface area contributed by atoms with Crippen molar-refractivity contribution in [2.75, 3.05) is 23.8 Å². The van der Waals surface area contributed by atoms with Crippen LogP contribution in [-0.2, 0) is 6.54 Å². The lowest BCUT2D eigenvalue weighted by Crippen LogP contribution is -2.21. The second-order valence-electron chi connectivity index (χ2n) is 5.20. The highest BCUT2D eigenvalue weighted by Crippen LogP contribution is 2.12. The Hall–Kier alpha value is -2.17. The number of nitrogens with zero attached hydrogens (tertiary/aromatic N) is 4. The number of hydrogen-bond acceptors (Lipinski definition) is 5. The molecule has 0 spiro atoms. The molecule has 0 bridgehead atoms. The van der Waals surface area contributed by atoms with Gasteiger partial charge >= 0.3 is 0 Å². The molecule has 5 heteroatoms. The SMILES string of the molecule is CCCCN(C)c1nncc(NCc2ccccc2C)n1. The maximum Gasteiger partial charge on any atom is 0.247 e. The normalized spacial score (nSPS) is 10.4. The summed E-state index contributed by atoms with van der Waals surface area (Å²) in [6, 6.07) is 8.32. The van der Waals surface area contributed by atoms with E-state index in [1.165, 1.54) is 11.1 Å². The first-order valence-electron chi connectivity index (χ1n) is 7.40. The zero-order valence-corrected chi connectivity index (χ0v) is 13.0. The van der Waals surface area contributed by atoms with Crippen LogP contribution in [0.5, 0.6) is 0 Å². The van der Waals surface area contributed by atoms with Crippen LogP contribution in [0.1, 0.15) is 30.9 Å². The van der Waals surface area contributed by atoms with Crippen molar-refractivity contribution in [2.45, 2.75) is 33.2 Å². The van der Waals surface area contributed by atoms with Crippen LogP contribution in [-0.4, -0.2) is 28.8 Å². The summed E-state index contributed by atoms with van der Waals surface area (Å²) in [6.45, 7) is 5.97. The first-order chi connectivity index (χ1) is 10.2. The maximum atomic E-state index is 4.51. The number of benzene rings is 1. The van der Waals surface area contributed by atoms with Gasteiger partial charge in [-0.3, -0.25) is 0 Å². The smallest absolute Gasteiger partial charge is 0.247 e. The van der Waals surface area contributed by atoms with Crippen molar-refractivity contribution in [1.82, 2.24) is 15.2 Å². The van der Waals surface area contributed by atoms with Gasteiger partial charge < -0.3 is 10.2 Å². The first kappa shape index (κ1) is 15.2. The number of anilines is 2. The Balaban J connectivity index is 1.99. The number of nitrogens with one attached hydrogen (secondary N) is 1. The molecule has 0 aliphatic rings. The van der Waals surface area contributed by atoms with Gasteiger partial charge in [-0.15, -0.1) is 5.10 Å². The minimum absolute atomic E-state index is 0.665. The molecule has 0 saturated carbocycles. The standard InChI is InChI=1S/C16H23N5/c1-4-5-10-21(3)16-19-15(12-18-20-16)17-11-14-9-7-6-8-13(14)2/h6-9,12H,4-5,10-11H2,1-3H3,(H,17,19,20). The molecule has 0 aliphatic carbocycles. The van der Waals surface area contributed by atoms with E-state index in [1.54, 1.807) is 6.20 Å². The third-order valence-electron chi connectivity index (χ3n) is 3.46. The molecule has 2 rings (SSSR count). The minimum atomic E-state index is 0.665. The highest BCUT2D eigenvalue weighted by Gasteiger charge is 2.06. The number of aryl methyl sites for hydroxylation is 1. The molecule has 1 heterocycles. The molecule has 0 amide bonds. The van der Waals surface area contributed by atoms with Gasteiger partial charge in [0.15, 0.2) is 5.82 Å². The maximum absolute atomic E-state index is 4.51. The molecule has 0 atom stereocenters. The molecule has 5 nitrogen and oxygen atoms in total. The number of aromatic nitrogens is 3. The molecule has 112 valence electrons. The van der Waals surface area contributed by atoms with Gasteiger partial charge in [0.1, 0.15) is 0 Å². The van der Waals surface area contributed by atoms with Crippen molar-refractivity contribution < 1.29 is 0 Å². The van der Waals surface area contributed by atoms with Crippen molar-refractivity contribution in [3.05, 3.63) is 41.6 Å². The van der Waals surface area contributed by atoms with Gasteiger partial charge in [0, 0.05) is 20.1 Å². The topological polar surface area (TPSA) is 53.9 Å². The van der Waals surface area contributed by atoms with Gasteiger partial charge in [-0.05, 0) is 24.5 Å². The third kappa shape index (κ3) is 4.41. The van der Waals surface area contributed by atoms with Gasteiger partial charge in [0.2, 0.25) is 5.95 Å². The molecule has 1 aromatic heterocycles. The van der Waals surface area contributed by atoms with Gasteiger partial charge in [0.05, 0.1) is 6.20 Å². The monoisotopic (exact) mass is 285 g/mol. The lowest BCUT2D eigenvalue weighted by atomic mass is 10.1. The Kier molecular flexibility index (Phi) is 5.49. The molecule has 1 aromatic carbocycles. The predicted octanol–water partition coefficient (Wildman–Crippen LogP) is 3.03. The predicted molar refractivity (Wildman–Crippen MR) is 86.5 cm³/mol. The molecule has 0 saturated heterocycles.